The maximum Gasteiger partial charge on any atom is 0.328 e. The van der Waals surface area contributed by atoms with Crippen molar-refractivity contribution in [1.82, 2.24) is 10.6 Å². The molecule has 0 saturated carbocycles. The predicted octanol–water partition coefficient (Wildman–Crippen LogP) is 2.42. The van der Waals surface area contributed by atoms with Gasteiger partial charge in [0.15, 0.2) is 0 Å². The Morgan fingerprint density at radius 1 is 0.500 bits per heavy atom. The van der Waals surface area contributed by atoms with Gasteiger partial charge in [-0.2, -0.15) is 0 Å². The van der Waals surface area contributed by atoms with E-state index in [0.717, 1.165) is 0 Å². The van der Waals surface area contributed by atoms with Gasteiger partial charge in [-0.1, -0.05) is 55.4 Å². The molecule has 0 aromatic heterocycles. The molecule has 13 nitrogen and oxygen atoms in total. The fourth-order valence-corrected chi connectivity index (χ4v) is 3.36. The normalized spacial score (nSPS) is 13.3. The summed E-state index contributed by atoms with van der Waals surface area (Å²) < 4.78 is 20.8. The fraction of sp³-hybridized carbons (Fsp3) is 0.806. The summed E-state index contributed by atoms with van der Waals surface area (Å²) in [4.78, 5) is 75.1. The number of carbonyl (C=O) groups excluding carboxylic acids is 6. The molecule has 0 radical (unpaired) electrons. The minimum Gasteiger partial charge on any atom is -0.465 e. The number of nitrogens with one attached hydrogen (secondary N) is 2. The van der Waals surface area contributed by atoms with Gasteiger partial charge in [-0.25, -0.2) is 9.59 Å². The van der Waals surface area contributed by atoms with E-state index >= 15 is 0 Å². The third-order valence-corrected chi connectivity index (χ3v) is 5.78. The summed E-state index contributed by atoms with van der Waals surface area (Å²) in [5.74, 6) is -3.29. The zero-order valence-corrected chi connectivity index (χ0v) is 27.8. The molecule has 4 N–H and O–H groups in total. The van der Waals surface area contributed by atoms with Crippen LogP contribution >= 0.6 is 0 Å². The predicted molar refractivity (Wildman–Crippen MR) is 163 cm³/mol. The number of ether oxygens (including phenoxy) is 4. The van der Waals surface area contributed by atoms with Crippen LogP contribution in [0.2, 0.25) is 0 Å². The van der Waals surface area contributed by atoms with E-state index in [1.807, 2.05) is 55.4 Å². The van der Waals surface area contributed by atoms with Crippen molar-refractivity contribution in [2.24, 2.45) is 29.4 Å². The van der Waals surface area contributed by atoms with Gasteiger partial charge >= 0.3 is 23.9 Å². The Morgan fingerprint density at radius 2 is 0.841 bits per heavy atom. The average Bonchev–Trinajstić information content (AvgIpc) is 2.94. The summed E-state index contributed by atoms with van der Waals surface area (Å²) in [6.45, 7) is 15.7. The lowest BCUT2D eigenvalue weighted by atomic mass is 10.1. The quantitative estimate of drug-likeness (QED) is 0.118. The number of amides is 2. The van der Waals surface area contributed by atoms with Crippen LogP contribution in [0.15, 0.2) is 0 Å². The van der Waals surface area contributed by atoms with E-state index in [2.05, 4.69) is 10.6 Å². The maximum atomic E-state index is 12.9. The summed E-state index contributed by atoms with van der Waals surface area (Å²) in [5.41, 5.74) is 5.84. The number of esters is 4. The molecule has 0 fully saturated rings. The van der Waals surface area contributed by atoms with Crippen molar-refractivity contribution in [3.8, 4) is 0 Å². The third kappa shape index (κ3) is 20.6. The highest BCUT2D eigenvalue weighted by atomic mass is 16.5. The van der Waals surface area contributed by atoms with Crippen molar-refractivity contribution in [3.05, 3.63) is 0 Å². The molecule has 0 unspecified atom stereocenters. The second kappa shape index (κ2) is 22.3. The van der Waals surface area contributed by atoms with Gasteiger partial charge in [0.25, 0.3) is 0 Å². The van der Waals surface area contributed by atoms with Crippen molar-refractivity contribution >= 4 is 35.7 Å². The topological polar surface area (TPSA) is 189 Å². The molecule has 0 aliphatic rings. The van der Waals surface area contributed by atoms with Gasteiger partial charge in [0, 0.05) is 19.3 Å². The molecule has 0 aliphatic carbocycles. The first-order valence-corrected chi connectivity index (χ1v) is 15.5. The lowest BCUT2D eigenvalue weighted by Gasteiger charge is -2.21. The summed E-state index contributed by atoms with van der Waals surface area (Å²) >= 11 is 0. The molecule has 0 heterocycles. The Morgan fingerprint density at radius 3 is 1.25 bits per heavy atom. The molecule has 0 saturated heterocycles. The molecule has 0 bridgehead atoms. The van der Waals surface area contributed by atoms with Crippen LogP contribution in [0.25, 0.3) is 0 Å². The number of nitrogens with two attached hydrogens (primary N) is 1. The molecule has 254 valence electrons. The number of carbonyl (C=O) groups is 6. The van der Waals surface area contributed by atoms with E-state index in [0.29, 0.717) is 0 Å². The molecule has 0 aromatic carbocycles. The van der Waals surface area contributed by atoms with Crippen LogP contribution in [0, 0.1) is 23.7 Å². The number of hydrogen-bond donors (Lipinski definition) is 3. The minimum atomic E-state index is -1.16. The van der Waals surface area contributed by atoms with Crippen molar-refractivity contribution in [2.45, 2.75) is 112 Å². The molecule has 0 aromatic rings. The van der Waals surface area contributed by atoms with Crippen LogP contribution in [0.1, 0.15) is 93.9 Å². The molecule has 3 atom stereocenters. The highest BCUT2D eigenvalue weighted by Gasteiger charge is 2.28. The Balaban J connectivity index is 5.30. The van der Waals surface area contributed by atoms with Crippen LogP contribution in [0.5, 0.6) is 0 Å². The van der Waals surface area contributed by atoms with E-state index in [9.17, 15) is 28.8 Å². The monoisotopic (exact) mass is 629 g/mol. The molecule has 0 aliphatic heterocycles. The summed E-state index contributed by atoms with van der Waals surface area (Å²) in [5, 5.41) is 5.14. The van der Waals surface area contributed by atoms with E-state index < -0.39 is 53.8 Å². The van der Waals surface area contributed by atoms with Gasteiger partial charge in [-0.3, -0.25) is 19.2 Å². The zero-order valence-electron chi connectivity index (χ0n) is 27.8. The van der Waals surface area contributed by atoms with Crippen molar-refractivity contribution < 1.29 is 47.7 Å². The molecule has 44 heavy (non-hydrogen) atoms. The highest BCUT2D eigenvalue weighted by molar-refractivity contribution is 5.87. The van der Waals surface area contributed by atoms with Gasteiger partial charge in [0.1, 0.15) is 18.1 Å². The van der Waals surface area contributed by atoms with Crippen LogP contribution < -0.4 is 16.4 Å². The molecule has 0 spiro atoms. The Labute approximate surface area is 262 Å². The molecule has 0 rings (SSSR count). The second-order valence-electron chi connectivity index (χ2n) is 12.6. The standard InChI is InChI=1S/C31H55N3O10/c1-19(2)15-41-28(37)14-11-25(31(40)44-18-22(7)8)34-27(36)13-10-24(30(39)43-17-21(5)6)33-26(35)12-9-23(32)29(38)42-16-20(3)4/h19-25H,9-18,32H2,1-8H3,(H,33,35)(H,34,36)/t23-,24-,25-/m0/s1. The van der Waals surface area contributed by atoms with Crippen LogP contribution in [0.4, 0.5) is 0 Å². The van der Waals surface area contributed by atoms with E-state index in [4.69, 9.17) is 24.7 Å². The SMILES string of the molecule is CC(C)COC(=O)CC[C@H](NC(=O)CC[C@H](NC(=O)CC[C@H](N)C(=O)OCC(C)C)C(=O)OCC(C)C)C(=O)OCC(C)C. The first kappa shape index (κ1) is 40.8. The van der Waals surface area contributed by atoms with Crippen molar-refractivity contribution in [1.29, 1.82) is 0 Å². The van der Waals surface area contributed by atoms with Gasteiger partial charge in [0.05, 0.1) is 26.4 Å². The lowest BCUT2D eigenvalue weighted by Crippen LogP contribution is -2.45. The van der Waals surface area contributed by atoms with E-state index in [1.165, 1.54) is 0 Å². The molecule has 2 amide bonds. The first-order chi connectivity index (χ1) is 20.5. The summed E-state index contributed by atoms with van der Waals surface area (Å²) in [7, 11) is 0. The minimum absolute atomic E-state index is 0.00319. The van der Waals surface area contributed by atoms with E-state index in [-0.39, 0.29) is 88.6 Å². The Bertz CT molecular complexity index is 920. The van der Waals surface area contributed by atoms with Gasteiger partial charge in [-0.15, -0.1) is 0 Å². The fourth-order valence-electron chi connectivity index (χ4n) is 3.36. The molecular formula is C31H55N3O10. The molecule has 13 heteroatoms. The Hall–Kier alpha value is -3.22. The van der Waals surface area contributed by atoms with E-state index in [1.54, 1.807) is 0 Å². The van der Waals surface area contributed by atoms with Crippen LogP contribution in [-0.2, 0) is 47.7 Å². The van der Waals surface area contributed by atoms with Gasteiger partial charge in [0.2, 0.25) is 11.8 Å². The average molecular weight is 630 g/mol. The smallest absolute Gasteiger partial charge is 0.328 e. The number of rotatable bonds is 22. The van der Waals surface area contributed by atoms with Gasteiger partial charge in [-0.05, 0) is 42.9 Å². The summed E-state index contributed by atoms with van der Waals surface area (Å²) in [6.07, 6.45) is -0.668. The maximum absolute atomic E-state index is 12.9. The van der Waals surface area contributed by atoms with Crippen molar-refractivity contribution in [3.63, 3.8) is 0 Å². The largest absolute Gasteiger partial charge is 0.465 e. The first-order valence-electron chi connectivity index (χ1n) is 15.5. The second-order valence-corrected chi connectivity index (χ2v) is 12.6. The molecular weight excluding hydrogens is 574 g/mol. The zero-order chi connectivity index (χ0) is 33.8. The Kier molecular flexibility index (Phi) is 20.7. The number of hydrogen-bond acceptors (Lipinski definition) is 11. The van der Waals surface area contributed by atoms with Gasteiger partial charge < -0.3 is 35.3 Å². The summed E-state index contributed by atoms with van der Waals surface area (Å²) in [6, 6.07) is -3.27. The highest BCUT2D eigenvalue weighted by Crippen LogP contribution is 2.09. The van der Waals surface area contributed by atoms with Crippen LogP contribution in [0.3, 0.4) is 0 Å². The van der Waals surface area contributed by atoms with Crippen molar-refractivity contribution in [2.75, 3.05) is 26.4 Å². The lowest BCUT2D eigenvalue weighted by molar-refractivity contribution is -0.151. The third-order valence-electron chi connectivity index (χ3n) is 5.78. The van der Waals surface area contributed by atoms with Crippen LogP contribution in [-0.4, -0.2) is 80.2 Å².